The molecule has 7 nitrogen and oxygen atoms in total. The number of hydrogen-bond donors (Lipinski definition) is 1. The van der Waals surface area contributed by atoms with Gasteiger partial charge in [0.1, 0.15) is 12.8 Å². The van der Waals surface area contributed by atoms with Crippen LogP contribution in [0, 0.1) is 5.41 Å². The summed E-state index contributed by atoms with van der Waals surface area (Å²) in [6.45, 7) is 2.03. The van der Waals surface area contributed by atoms with Gasteiger partial charge in [-0.3, -0.25) is 4.79 Å². The number of rotatable bonds is 5. The first-order valence-electron chi connectivity index (χ1n) is 10.6. The summed E-state index contributed by atoms with van der Waals surface area (Å²) in [5.41, 5.74) is 4.63. The molecule has 1 heterocycles. The van der Waals surface area contributed by atoms with Crippen LogP contribution < -0.4 is 5.32 Å². The van der Waals surface area contributed by atoms with E-state index in [4.69, 9.17) is 9.57 Å². The molecule has 0 fully saturated rings. The van der Waals surface area contributed by atoms with Gasteiger partial charge in [-0.1, -0.05) is 53.7 Å². The second kappa shape index (κ2) is 8.12. The van der Waals surface area contributed by atoms with Gasteiger partial charge in [-0.05, 0) is 35.6 Å². The average Bonchev–Trinajstić information content (AvgIpc) is 3.30. The second-order valence-electron chi connectivity index (χ2n) is 8.47. The first kappa shape index (κ1) is 21.3. The van der Waals surface area contributed by atoms with E-state index in [1.54, 1.807) is 5.38 Å². The lowest BCUT2D eigenvalue weighted by molar-refractivity contribution is -0.132. The maximum absolute atomic E-state index is 13.7. The number of anilines is 1. The fourth-order valence-corrected chi connectivity index (χ4v) is 5.94. The number of hydrogen-bond acceptors (Lipinski definition) is 7. The van der Waals surface area contributed by atoms with Gasteiger partial charge in [0.2, 0.25) is 11.6 Å². The molecule has 0 saturated heterocycles. The van der Waals surface area contributed by atoms with Crippen LogP contribution >= 0.6 is 11.3 Å². The molecule has 0 radical (unpaired) electrons. The van der Waals surface area contributed by atoms with Crippen molar-refractivity contribution in [1.29, 1.82) is 0 Å². The van der Waals surface area contributed by atoms with Gasteiger partial charge in [-0.25, -0.2) is 9.78 Å². The molecule has 3 aromatic rings. The normalized spacial score (nSPS) is 22.8. The van der Waals surface area contributed by atoms with Gasteiger partial charge in [0, 0.05) is 17.2 Å². The number of amides is 1. The van der Waals surface area contributed by atoms with E-state index in [1.165, 1.54) is 47.8 Å². The summed E-state index contributed by atoms with van der Waals surface area (Å²) in [5.74, 6) is -0.629. The van der Waals surface area contributed by atoms with Crippen molar-refractivity contribution in [2.45, 2.75) is 25.2 Å². The first-order valence-corrected chi connectivity index (χ1v) is 11.5. The highest BCUT2D eigenvalue weighted by Gasteiger charge is 2.54. The molecule has 1 aromatic heterocycles. The summed E-state index contributed by atoms with van der Waals surface area (Å²) in [4.78, 5) is 34.8. The number of carbonyl (C=O) groups excluding carboxylic acids is 2. The number of ether oxygens (including phenoxy) is 1. The predicted octanol–water partition coefficient (Wildman–Crippen LogP) is 4.29. The summed E-state index contributed by atoms with van der Waals surface area (Å²) in [6.07, 6.45) is 0.717. The van der Waals surface area contributed by atoms with Crippen LogP contribution in [-0.2, 0) is 19.2 Å². The van der Waals surface area contributed by atoms with Gasteiger partial charge in [0.25, 0.3) is 0 Å². The highest BCUT2D eigenvalue weighted by Crippen LogP contribution is 2.61. The largest absolute Gasteiger partial charge is 0.464 e. The molecule has 1 N–H and O–H groups in total. The van der Waals surface area contributed by atoms with Crippen LogP contribution in [0.1, 0.15) is 53.1 Å². The van der Waals surface area contributed by atoms with Crippen molar-refractivity contribution >= 4 is 34.1 Å². The summed E-state index contributed by atoms with van der Waals surface area (Å²) < 4.78 is 4.75. The van der Waals surface area contributed by atoms with E-state index in [9.17, 15) is 9.59 Å². The molecule has 0 aliphatic heterocycles. The number of aromatic nitrogens is 1. The zero-order valence-corrected chi connectivity index (χ0v) is 19.3. The Morgan fingerprint density at radius 2 is 1.67 bits per heavy atom. The van der Waals surface area contributed by atoms with E-state index in [0.717, 1.165) is 0 Å². The minimum absolute atomic E-state index is 0.0463. The van der Waals surface area contributed by atoms with Gasteiger partial charge in [0.15, 0.2) is 5.13 Å². The molecule has 0 saturated carbocycles. The van der Waals surface area contributed by atoms with E-state index >= 15 is 0 Å². The highest BCUT2D eigenvalue weighted by atomic mass is 32.1. The lowest BCUT2D eigenvalue weighted by Gasteiger charge is -2.50. The maximum Gasteiger partial charge on any atom is 0.362 e. The molecule has 33 heavy (non-hydrogen) atoms. The smallest absolute Gasteiger partial charge is 0.362 e. The number of fused-ring (bicyclic) bond motifs is 1. The number of oxime groups is 1. The number of thiazole rings is 1. The maximum atomic E-state index is 13.7. The number of esters is 1. The second-order valence-corrected chi connectivity index (χ2v) is 9.33. The Morgan fingerprint density at radius 3 is 2.24 bits per heavy atom. The van der Waals surface area contributed by atoms with Crippen molar-refractivity contribution in [3.8, 4) is 0 Å². The van der Waals surface area contributed by atoms with Crippen LogP contribution in [0.5, 0.6) is 0 Å². The van der Waals surface area contributed by atoms with Crippen molar-refractivity contribution in [1.82, 2.24) is 4.98 Å². The van der Waals surface area contributed by atoms with Crippen molar-refractivity contribution in [2.24, 2.45) is 10.6 Å². The van der Waals surface area contributed by atoms with Gasteiger partial charge >= 0.3 is 5.97 Å². The summed E-state index contributed by atoms with van der Waals surface area (Å²) in [7, 11) is 2.60. The van der Waals surface area contributed by atoms with Crippen LogP contribution in [-0.4, -0.2) is 36.8 Å². The van der Waals surface area contributed by atoms with Gasteiger partial charge in [0.05, 0.1) is 12.5 Å². The molecular weight excluding hydrogens is 438 g/mol. The van der Waals surface area contributed by atoms with Crippen LogP contribution in [0.15, 0.2) is 59.1 Å². The van der Waals surface area contributed by atoms with Crippen LogP contribution in [0.4, 0.5) is 5.13 Å². The number of benzene rings is 2. The van der Waals surface area contributed by atoms with E-state index in [1.807, 2.05) is 19.1 Å². The first-order chi connectivity index (χ1) is 16.0. The van der Waals surface area contributed by atoms with Crippen molar-refractivity contribution < 1.29 is 19.2 Å². The molecule has 3 aliphatic rings. The molecule has 3 aliphatic carbocycles. The quantitative estimate of drug-likeness (QED) is 0.348. The third-order valence-electron chi connectivity index (χ3n) is 6.68. The Kier molecular flexibility index (Phi) is 5.25. The van der Waals surface area contributed by atoms with Gasteiger partial charge < -0.3 is 14.9 Å². The standard InChI is InChI=1S/C25H23N3O4S/c1-25(23(30)27-24-26-19(13-33-24)21(28-32-3)22(29)31-2)12-18-14-8-4-6-10-16(14)20(25)17-11-7-5-9-15(17)18/h4-11,13,18,20H,12H2,1-3H3,(H,26,27,30)/b28-21+. The fourth-order valence-electron chi connectivity index (χ4n) is 5.25. The SMILES string of the molecule is CO/N=C(/C(=O)OC)c1csc(NC(=O)C2(C)CC3c4ccccc4C2c2ccccc23)n1. The van der Waals surface area contributed by atoms with Crippen molar-refractivity contribution in [3.63, 3.8) is 0 Å². The molecule has 1 atom stereocenters. The Balaban J connectivity index is 1.48. The van der Waals surface area contributed by atoms with Crippen molar-refractivity contribution in [2.75, 3.05) is 19.5 Å². The lowest BCUT2D eigenvalue weighted by Crippen LogP contribution is -2.47. The minimum atomic E-state index is -0.662. The molecule has 2 aromatic carbocycles. The van der Waals surface area contributed by atoms with Gasteiger partial charge in [-0.2, -0.15) is 0 Å². The van der Waals surface area contributed by atoms with E-state index in [-0.39, 0.29) is 29.1 Å². The number of methoxy groups -OCH3 is 1. The Bertz CT molecular complexity index is 1240. The Labute approximate surface area is 195 Å². The zero-order valence-electron chi connectivity index (χ0n) is 18.5. The van der Waals surface area contributed by atoms with Crippen LogP contribution in [0.3, 0.4) is 0 Å². The monoisotopic (exact) mass is 461 g/mol. The minimum Gasteiger partial charge on any atom is -0.464 e. The summed E-state index contributed by atoms with van der Waals surface area (Å²) in [6, 6.07) is 16.8. The van der Waals surface area contributed by atoms with E-state index in [0.29, 0.717) is 11.6 Å². The molecule has 168 valence electrons. The highest BCUT2D eigenvalue weighted by molar-refractivity contribution is 7.14. The molecule has 6 rings (SSSR count). The number of nitrogens with one attached hydrogen (secondary N) is 1. The Hall–Kier alpha value is -3.52. The summed E-state index contributed by atoms with van der Waals surface area (Å²) in [5, 5.41) is 8.75. The molecule has 1 amide bonds. The molecular formula is C25H23N3O4S. The average molecular weight is 462 g/mol. The topological polar surface area (TPSA) is 89.9 Å². The molecule has 8 heteroatoms. The van der Waals surface area contributed by atoms with Gasteiger partial charge in [-0.15, -0.1) is 11.3 Å². The number of nitrogens with zero attached hydrogens (tertiary/aromatic N) is 2. The summed E-state index contributed by atoms with van der Waals surface area (Å²) >= 11 is 1.23. The molecule has 1 unspecified atom stereocenters. The van der Waals surface area contributed by atoms with E-state index in [2.05, 4.69) is 51.9 Å². The lowest BCUT2D eigenvalue weighted by atomic mass is 9.52. The molecule has 2 bridgehead atoms. The third-order valence-corrected chi connectivity index (χ3v) is 7.44. The van der Waals surface area contributed by atoms with Crippen LogP contribution in [0.25, 0.3) is 0 Å². The fraction of sp³-hybridized carbons (Fsp3) is 0.280. The molecule has 0 spiro atoms. The zero-order chi connectivity index (χ0) is 23.2. The van der Waals surface area contributed by atoms with Crippen molar-refractivity contribution in [3.05, 3.63) is 81.9 Å². The van der Waals surface area contributed by atoms with E-state index < -0.39 is 11.4 Å². The Morgan fingerprint density at radius 1 is 1.06 bits per heavy atom. The predicted molar refractivity (Wildman–Crippen MR) is 126 cm³/mol. The van der Waals surface area contributed by atoms with Crippen LogP contribution in [0.2, 0.25) is 0 Å². The third kappa shape index (κ3) is 3.33. The number of carbonyl (C=O) groups is 2.